The van der Waals surface area contributed by atoms with E-state index in [0.29, 0.717) is 29.9 Å². The zero-order chi connectivity index (χ0) is 20.5. The van der Waals surface area contributed by atoms with Crippen LogP contribution in [0.2, 0.25) is 5.02 Å². The van der Waals surface area contributed by atoms with Crippen molar-refractivity contribution in [2.45, 2.75) is 49.5 Å². The normalized spacial score (nSPS) is 21.9. The van der Waals surface area contributed by atoms with Gasteiger partial charge < -0.3 is 4.98 Å². The van der Waals surface area contributed by atoms with Crippen LogP contribution in [-0.4, -0.2) is 30.6 Å². The van der Waals surface area contributed by atoms with Crippen LogP contribution in [0.4, 0.5) is 13.2 Å². The molecule has 0 saturated heterocycles. The fraction of sp³-hybridized carbons (Fsp3) is 0.526. The van der Waals surface area contributed by atoms with Crippen molar-refractivity contribution in [2.75, 3.05) is 6.26 Å². The zero-order valence-corrected chi connectivity index (χ0v) is 17.0. The Morgan fingerprint density at radius 1 is 1.29 bits per heavy atom. The Morgan fingerprint density at radius 3 is 2.43 bits per heavy atom. The summed E-state index contributed by atoms with van der Waals surface area (Å²) in [7, 11) is -3.52. The predicted octanol–water partition coefficient (Wildman–Crippen LogP) is 4.87. The molecule has 0 aliphatic heterocycles. The number of aromatic amines is 1. The molecule has 0 amide bonds. The van der Waals surface area contributed by atoms with Crippen LogP contribution in [0.15, 0.2) is 23.2 Å². The average molecular weight is 433 g/mol. The number of nitrogens with zero attached hydrogens (tertiary/aromatic N) is 1. The van der Waals surface area contributed by atoms with Crippen molar-refractivity contribution in [2.24, 2.45) is 11.3 Å². The Labute approximate surface area is 166 Å². The molecular weight excluding hydrogens is 413 g/mol. The molecule has 2 fully saturated rings. The van der Waals surface area contributed by atoms with Gasteiger partial charge >= 0.3 is 0 Å². The van der Waals surface area contributed by atoms with Gasteiger partial charge in [-0.25, -0.2) is 26.6 Å². The summed E-state index contributed by atoms with van der Waals surface area (Å²) in [5, 5.41) is -0.0803. The number of imidazole rings is 1. The second-order valence-electron chi connectivity index (χ2n) is 8.35. The topological polar surface area (TPSA) is 62.8 Å². The summed E-state index contributed by atoms with van der Waals surface area (Å²) in [4.78, 5) is 7.34. The Bertz CT molecular complexity index is 1040. The molecule has 1 aromatic carbocycles. The van der Waals surface area contributed by atoms with Gasteiger partial charge in [-0.1, -0.05) is 17.7 Å². The van der Waals surface area contributed by atoms with E-state index in [1.165, 1.54) is 12.1 Å². The molecule has 4 rings (SSSR count). The maximum absolute atomic E-state index is 13.6. The fourth-order valence-electron chi connectivity index (χ4n) is 4.96. The average Bonchev–Trinajstić information content (AvgIpc) is 2.89. The third-order valence-corrected chi connectivity index (χ3v) is 7.33. The SMILES string of the molecule is Cc1[nH]c(C(c2ccc(F)c(Cl)c2)C2CC3(C2)CC(F)(F)C3)nc1S(C)(=O)=O. The molecule has 2 aliphatic rings. The minimum Gasteiger partial charge on any atom is -0.344 e. The summed E-state index contributed by atoms with van der Waals surface area (Å²) in [6.07, 6.45) is 2.04. The van der Waals surface area contributed by atoms with E-state index >= 15 is 0 Å². The molecule has 0 radical (unpaired) electrons. The van der Waals surface area contributed by atoms with Crippen molar-refractivity contribution in [1.29, 1.82) is 0 Å². The van der Waals surface area contributed by atoms with Gasteiger partial charge in [0.15, 0.2) is 14.9 Å². The molecule has 2 aromatic rings. The quantitative estimate of drug-likeness (QED) is 0.749. The largest absolute Gasteiger partial charge is 0.344 e. The second-order valence-corrected chi connectivity index (χ2v) is 10.7. The number of halogens is 4. The van der Waals surface area contributed by atoms with Gasteiger partial charge in [0.1, 0.15) is 11.6 Å². The first kappa shape index (κ1) is 19.8. The predicted molar refractivity (Wildman–Crippen MR) is 99.0 cm³/mol. The van der Waals surface area contributed by atoms with Crippen molar-refractivity contribution in [3.05, 3.63) is 46.1 Å². The van der Waals surface area contributed by atoms with E-state index in [0.717, 1.165) is 6.26 Å². The number of rotatable bonds is 4. The van der Waals surface area contributed by atoms with Crippen molar-refractivity contribution < 1.29 is 21.6 Å². The molecule has 1 atom stereocenters. The summed E-state index contributed by atoms with van der Waals surface area (Å²) < 4.78 is 64.3. The van der Waals surface area contributed by atoms with E-state index in [-0.39, 0.29) is 40.1 Å². The van der Waals surface area contributed by atoms with E-state index in [9.17, 15) is 21.6 Å². The van der Waals surface area contributed by atoms with Gasteiger partial charge in [-0.2, -0.15) is 0 Å². The number of aromatic nitrogens is 2. The summed E-state index contributed by atoms with van der Waals surface area (Å²) in [5.41, 5.74) is 0.753. The molecule has 2 aliphatic carbocycles. The highest BCUT2D eigenvalue weighted by atomic mass is 35.5. The third kappa shape index (κ3) is 3.34. The van der Waals surface area contributed by atoms with Crippen LogP contribution < -0.4 is 0 Å². The molecule has 0 bridgehead atoms. The lowest BCUT2D eigenvalue weighted by Gasteiger charge is -2.58. The summed E-state index contributed by atoms with van der Waals surface area (Å²) in [6, 6.07) is 4.34. The first-order valence-corrected chi connectivity index (χ1v) is 11.3. The lowest BCUT2D eigenvalue weighted by Crippen LogP contribution is -2.54. The van der Waals surface area contributed by atoms with E-state index in [1.807, 2.05) is 0 Å². The molecule has 28 heavy (non-hydrogen) atoms. The standard InChI is InChI=1S/C19H20ClF3N2O2S/c1-10-17(28(2,26)27)25-16(24-10)15(11-3-4-14(21)13(20)5-11)12-6-18(7-12)8-19(22,23)9-18/h3-5,12,15H,6-9H2,1-2H3,(H,24,25). The Morgan fingerprint density at radius 2 is 1.93 bits per heavy atom. The number of hydrogen-bond acceptors (Lipinski definition) is 3. The molecule has 9 heteroatoms. The number of H-pyrrole nitrogens is 1. The fourth-order valence-corrected chi connectivity index (χ4v) is 6.02. The first-order chi connectivity index (χ1) is 12.9. The van der Waals surface area contributed by atoms with E-state index < -0.39 is 21.6 Å². The van der Waals surface area contributed by atoms with Gasteiger partial charge in [0, 0.05) is 25.0 Å². The number of aryl methyl sites for hydroxylation is 1. The molecule has 1 unspecified atom stereocenters. The Balaban J connectivity index is 1.70. The lowest BCUT2D eigenvalue weighted by molar-refractivity contribution is -0.208. The summed E-state index contributed by atoms with van der Waals surface area (Å²) in [6.45, 7) is 1.62. The summed E-state index contributed by atoms with van der Waals surface area (Å²) >= 11 is 5.95. The van der Waals surface area contributed by atoms with Crippen LogP contribution in [-0.2, 0) is 9.84 Å². The first-order valence-electron chi connectivity index (χ1n) is 8.99. The minimum atomic E-state index is -3.52. The minimum absolute atomic E-state index is 0.00409. The molecule has 1 aromatic heterocycles. The molecule has 4 nitrogen and oxygen atoms in total. The van der Waals surface area contributed by atoms with Crippen LogP contribution in [0.3, 0.4) is 0 Å². The summed E-state index contributed by atoms with van der Waals surface area (Å²) in [5.74, 6) is -3.08. The van der Waals surface area contributed by atoms with Crippen LogP contribution in [0.25, 0.3) is 0 Å². The zero-order valence-electron chi connectivity index (χ0n) is 15.4. The van der Waals surface area contributed by atoms with Crippen LogP contribution >= 0.6 is 11.6 Å². The van der Waals surface area contributed by atoms with Crippen molar-refractivity contribution in [3.8, 4) is 0 Å². The maximum Gasteiger partial charge on any atom is 0.249 e. The highest BCUT2D eigenvalue weighted by Gasteiger charge is 2.63. The number of hydrogen-bond donors (Lipinski definition) is 1. The third-order valence-electron chi connectivity index (χ3n) is 5.94. The van der Waals surface area contributed by atoms with Gasteiger partial charge in [0.2, 0.25) is 5.92 Å². The molecular formula is C19H20ClF3N2O2S. The maximum atomic E-state index is 13.6. The lowest BCUT2D eigenvalue weighted by atomic mass is 9.47. The Kier molecular flexibility index (Phi) is 4.39. The van der Waals surface area contributed by atoms with Crippen LogP contribution in [0, 0.1) is 24.1 Å². The molecule has 1 N–H and O–H groups in total. The van der Waals surface area contributed by atoms with Gasteiger partial charge in [0.05, 0.1) is 10.7 Å². The van der Waals surface area contributed by atoms with Crippen molar-refractivity contribution in [3.63, 3.8) is 0 Å². The molecule has 152 valence electrons. The molecule has 1 spiro atoms. The van der Waals surface area contributed by atoms with Gasteiger partial charge in [-0.3, -0.25) is 0 Å². The van der Waals surface area contributed by atoms with Crippen molar-refractivity contribution in [1.82, 2.24) is 9.97 Å². The number of benzene rings is 1. The Hall–Kier alpha value is -1.54. The number of nitrogens with one attached hydrogen (secondary N) is 1. The van der Waals surface area contributed by atoms with Gasteiger partial charge in [-0.05, 0) is 48.8 Å². The van der Waals surface area contributed by atoms with E-state index in [2.05, 4.69) is 9.97 Å². The molecule has 1 heterocycles. The van der Waals surface area contributed by atoms with Gasteiger partial charge in [0.25, 0.3) is 0 Å². The second kappa shape index (κ2) is 6.23. The van der Waals surface area contributed by atoms with Crippen molar-refractivity contribution >= 4 is 21.4 Å². The number of alkyl halides is 2. The smallest absolute Gasteiger partial charge is 0.249 e. The highest BCUT2D eigenvalue weighted by molar-refractivity contribution is 7.90. The number of sulfone groups is 1. The highest BCUT2D eigenvalue weighted by Crippen LogP contribution is 2.67. The van der Waals surface area contributed by atoms with Crippen LogP contribution in [0.5, 0.6) is 0 Å². The van der Waals surface area contributed by atoms with E-state index in [1.54, 1.807) is 13.0 Å². The van der Waals surface area contributed by atoms with Gasteiger partial charge in [-0.15, -0.1) is 0 Å². The van der Waals surface area contributed by atoms with E-state index in [4.69, 9.17) is 11.6 Å². The van der Waals surface area contributed by atoms with Crippen LogP contribution in [0.1, 0.15) is 48.7 Å². The monoisotopic (exact) mass is 432 g/mol. The molecule has 2 saturated carbocycles.